The molecule has 0 spiro atoms. The number of aryl methyl sites for hydroxylation is 1. The smallest absolute Gasteiger partial charge is 0.182 e. The van der Waals surface area contributed by atoms with Gasteiger partial charge in [0.25, 0.3) is 0 Å². The van der Waals surface area contributed by atoms with Crippen LogP contribution in [0, 0.1) is 6.92 Å². The van der Waals surface area contributed by atoms with E-state index in [1.54, 1.807) is 24.5 Å². The lowest BCUT2D eigenvalue weighted by Crippen LogP contribution is -2.28. The van der Waals surface area contributed by atoms with Gasteiger partial charge in [-0.15, -0.1) is 0 Å². The summed E-state index contributed by atoms with van der Waals surface area (Å²) < 4.78 is 2.22. The molecule has 0 fully saturated rings. The standard InChI is InChI=1S/C20H21N3O/c1-14-3-4-18-16(11-14)17-12-22(2)10-7-19(17)23(18)13-20(24)15-5-8-21-9-6-15/h3-6,8-9,11H,7,10,12-13H2,1-2H3. The van der Waals surface area contributed by atoms with Gasteiger partial charge in [0, 0.05) is 54.1 Å². The molecule has 0 N–H and O–H groups in total. The largest absolute Gasteiger partial charge is 0.336 e. The summed E-state index contributed by atoms with van der Waals surface area (Å²) in [5.74, 6) is 0.136. The fourth-order valence-corrected chi connectivity index (χ4v) is 3.65. The second-order valence-electron chi connectivity index (χ2n) is 6.68. The van der Waals surface area contributed by atoms with Crippen molar-refractivity contribution < 1.29 is 4.79 Å². The van der Waals surface area contributed by atoms with Gasteiger partial charge in [0.05, 0.1) is 6.54 Å². The maximum absolute atomic E-state index is 12.7. The van der Waals surface area contributed by atoms with Crippen LogP contribution in [0.3, 0.4) is 0 Å². The fourth-order valence-electron chi connectivity index (χ4n) is 3.65. The number of Topliss-reactive ketones (excluding diaryl/α,β-unsaturated/α-hetero) is 1. The van der Waals surface area contributed by atoms with Crippen molar-refractivity contribution in [3.8, 4) is 0 Å². The molecule has 0 saturated carbocycles. The summed E-state index contributed by atoms with van der Waals surface area (Å²) >= 11 is 0. The van der Waals surface area contributed by atoms with Gasteiger partial charge >= 0.3 is 0 Å². The summed E-state index contributed by atoms with van der Waals surface area (Å²) in [6.45, 7) is 4.50. The Morgan fingerprint density at radius 3 is 2.79 bits per heavy atom. The first-order valence-electron chi connectivity index (χ1n) is 8.36. The average molecular weight is 319 g/mol. The quantitative estimate of drug-likeness (QED) is 0.696. The zero-order chi connectivity index (χ0) is 16.7. The Morgan fingerprint density at radius 1 is 1.21 bits per heavy atom. The van der Waals surface area contributed by atoms with Gasteiger partial charge in [-0.05, 0) is 43.8 Å². The first-order valence-corrected chi connectivity index (χ1v) is 8.36. The molecule has 0 amide bonds. The van der Waals surface area contributed by atoms with Crippen molar-refractivity contribution in [2.45, 2.75) is 26.4 Å². The van der Waals surface area contributed by atoms with Crippen molar-refractivity contribution in [3.05, 3.63) is 65.1 Å². The summed E-state index contributed by atoms with van der Waals surface area (Å²) in [4.78, 5) is 19.1. The van der Waals surface area contributed by atoms with Crippen LogP contribution >= 0.6 is 0 Å². The number of pyridine rings is 1. The third-order valence-electron chi connectivity index (χ3n) is 4.90. The molecule has 2 aromatic heterocycles. The van der Waals surface area contributed by atoms with Gasteiger partial charge in [-0.2, -0.15) is 0 Å². The molecule has 1 aliphatic rings. The van der Waals surface area contributed by atoms with E-state index in [-0.39, 0.29) is 5.78 Å². The van der Waals surface area contributed by atoms with Crippen molar-refractivity contribution in [2.24, 2.45) is 0 Å². The highest BCUT2D eigenvalue weighted by atomic mass is 16.1. The number of carbonyl (C=O) groups is 1. The molecule has 0 unspecified atom stereocenters. The van der Waals surface area contributed by atoms with Crippen molar-refractivity contribution in [2.75, 3.05) is 13.6 Å². The predicted molar refractivity (Wildman–Crippen MR) is 95.3 cm³/mol. The number of fused-ring (bicyclic) bond motifs is 3. The zero-order valence-corrected chi connectivity index (χ0v) is 14.1. The molecule has 0 radical (unpaired) electrons. The highest BCUT2D eigenvalue weighted by Gasteiger charge is 2.23. The molecule has 0 aliphatic carbocycles. The van der Waals surface area contributed by atoms with Crippen LogP contribution in [0.15, 0.2) is 42.7 Å². The Hall–Kier alpha value is -2.46. The molecule has 4 heteroatoms. The summed E-state index contributed by atoms with van der Waals surface area (Å²) in [5, 5.41) is 1.29. The van der Waals surface area contributed by atoms with Crippen LogP contribution in [0.25, 0.3) is 10.9 Å². The normalized spacial score (nSPS) is 14.8. The van der Waals surface area contributed by atoms with E-state index < -0.39 is 0 Å². The van der Waals surface area contributed by atoms with E-state index in [9.17, 15) is 4.79 Å². The number of rotatable bonds is 3. The molecule has 1 aromatic carbocycles. The molecule has 0 bridgehead atoms. The van der Waals surface area contributed by atoms with E-state index in [0.29, 0.717) is 6.54 Å². The maximum Gasteiger partial charge on any atom is 0.182 e. The SMILES string of the molecule is Cc1ccc2c(c1)c1c(n2CC(=O)c2ccncc2)CCN(C)C1. The maximum atomic E-state index is 12.7. The summed E-state index contributed by atoms with van der Waals surface area (Å²) in [6, 6.07) is 10.1. The summed E-state index contributed by atoms with van der Waals surface area (Å²) in [7, 11) is 2.16. The van der Waals surface area contributed by atoms with Crippen molar-refractivity contribution in [1.82, 2.24) is 14.5 Å². The monoisotopic (exact) mass is 319 g/mol. The number of benzene rings is 1. The number of carbonyl (C=O) groups excluding carboxylic acids is 1. The summed E-state index contributed by atoms with van der Waals surface area (Å²) in [6.07, 6.45) is 4.34. The van der Waals surface area contributed by atoms with Crippen molar-refractivity contribution in [3.63, 3.8) is 0 Å². The third kappa shape index (κ3) is 2.53. The Bertz CT molecular complexity index is 912. The lowest BCUT2D eigenvalue weighted by atomic mass is 10.0. The second-order valence-corrected chi connectivity index (χ2v) is 6.68. The molecular weight excluding hydrogens is 298 g/mol. The van der Waals surface area contributed by atoms with Crippen LogP contribution in [0.2, 0.25) is 0 Å². The fraction of sp³-hybridized carbons (Fsp3) is 0.300. The van der Waals surface area contributed by atoms with Crippen LogP contribution in [0.5, 0.6) is 0 Å². The van der Waals surface area contributed by atoms with Crippen molar-refractivity contribution >= 4 is 16.7 Å². The Balaban J connectivity index is 1.82. The summed E-state index contributed by atoms with van der Waals surface area (Å²) in [5.41, 5.74) is 5.85. The van der Waals surface area contributed by atoms with Gasteiger partial charge in [0.2, 0.25) is 0 Å². The van der Waals surface area contributed by atoms with Gasteiger partial charge in [0.15, 0.2) is 5.78 Å². The van der Waals surface area contributed by atoms with Crippen LogP contribution in [0.1, 0.15) is 27.2 Å². The van der Waals surface area contributed by atoms with Crippen LogP contribution < -0.4 is 0 Å². The Labute approximate surface area is 141 Å². The van der Waals surface area contributed by atoms with Gasteiger partial charge in [-0.1, -0.05) is 11.6 Å². The zero-order valence-electron chi connectivity index (χ0n) is 14.1. The molecule has 0 atom stereocenters. The number of hydrogen-bond acceptors (Lipinski definition) is 3. The first-order chi connectivity index (χ1) is 11.6. The average Bonchev–Trinajstić information content (AvgIpc) is 2.88. The number of hydrogen-bond donors (Lipinski definition) is 0. The molecule has 4 nitrogen and oxygen atoms in total. The van der Waals surface area contributed by atoms with E-state index >= 15 is 0 Å². The van der Waals surface area contributed by atoms with Gasteiger partial charge in [-0.25, -0.2) is 0 Å². The van der Waals surface area contributed by atoms with Gasteiger partial charge in [-0.3, -0.25) is 9.78 Å². The number of aromatic nitrogens is 2. The number of nitrogens with zero attached hydrogens (tertiary/aromatic N) is 3. The van der Waals surface area contributed by atoms with Gasteiger partial charge in [0.1, 0.15) is 0 Å². The second kappa shape index (κ2) is 5.87. The molecular formula is C20H21N3O. The molecule has 3 aromatic rings. The van der Waals surface area contributed by atoms with E-state index in [1.807, 2.05) is 0 Å². The van der Waals surface area contributed by atoms with Crippen LogP contribution in [-0.4, -0.2) is 33.8 Å². The van der Waals surface area contributed by atoms with E-state index in [0.717, 1.165) is 25.1 Å². The third-order valence-corrected chi connectivity index (χ3v) is 4.90. The molecule has 24 heavy (non-hydrogen) atoms. The van der Waals surface area contributed by atoms with Crippen LogP contribution in [-0.2, 0) is 19.5 Å². The minimum Gasteiger partial charge on any atom is -0.336 e. The van der Waals surface area contributed by atoms with Gasteiger partial charge < -0.3 is 9.47 Å². The van der Waals surface area contributed by atoms with E-state index in [2.05, 4.69) is 46.6 Å². The Kier molecular flexibility index (Phi) is 3.69. The topological polar surface area (TPSA) is 38.1 Å². The number of likely N-dealkylation sites (N-methyl/N-ethyl adjacent to an activating group) is 1. The Morgan fingerprint density at radius 2 is 2.00 bits per heavy atom. The minimum atomic E-state index is 0.136. The molecule has 3 heterocycles. The first kappa shape index (κ1) is 15.1. The van der Waals surface area contributed by atoms with E-state index in [4.69, 9.17) is 0 Å². The predicted octanol–water partition coefficient (Wildman–Crippen LogP) is 3.22. The van der Waals surface area contributed by atoms with Crippen LogP contribution in [0.4, 0.5) is 0 Å². The highest BCUT2D eigenvalue weighted by Crippen LogP contribution is 2.31. The molecule has 4 rings (SSSR count). The van der Waals surface area contributed by atoms with Crippen molar-refractivity contribution in [1.29, 1.82) is 0 Å². The highest BCUT2D eigenvalue weighted by molar-refractivity contribution is 5.97. The minimum absolute atomic E-state index is 0.136. The molecule has 122 valence electrons. The lowest BCUT2D eigenvalue weighted by molar-refractivity contribution is 0.0972. The lowest BCUT2D eigenvalue weighted by Gasteiger charge is -2.24. The molecule has 1 aliphatic heterocycles. The number of ketones is 1. The van der Waals surface area contributed by atoms with E-state index in [1.165, 1.54) is 27.7 Å². The molecule has 0 saturated heterocycles.